The maximum atomic E-state index is 12.1. The summed E-state index contributed by atoms with van der Waals surface area (Å²) in [6.07, 6.45) is 1.48. The summed E-state index contributed by atoms with van der Waals surface area (Å²) >= 11 is 0. The number of nitrogens with zero attached hydrogens (tertiary/aromatic N) is 1. The van der Waals surface area contributed by atoms with Crippen molar-refractivity contribution in [2.45, 2.75) is 45.8 Å². The first-order chi connectivity index (χ1) is 11.0. The van der Waals surface area contributed by atoms with E-state index in [1.807, 2.05) is 12.1 Å². The van der Waals surface area contributed by atoms with Crippen molar-refractivity contribution in [3.8, 4) is 5.75 Å². The fourth-order valence-electron chi connectivity index (χ4n) is 2.98. The van der Waals surface area contributed by atoms with Crippen LogP contribution in [0.2, 0.25) is 0 Å². The molecular formula is C18H28N2O3. The van der Waals surface area contributed by atoms with Gasteiger partial charge in [0, 0.05) is 18.2 Å². The normalized spacial score (nSPS) is 18.2. The molecule has 1 aliphatic heterocycles. The van der Waals surface area contributed by atoms with Crippen LogP contribution in [0.25, 0.3) is 0 Å². The lowest BCUT2D eigenvalue weighted by Gasteiger charge is -2.34. The van der Waals surface area contributed by atoms with Crippen LogP contribution in [0.1, 0.15) is 43.1 Å². The minimum Gasteiger partial charge on any atom is -0.492 e. The van der Waals surface area contributed by atoms with Crippen molar-refractivity contribution in [2.24, 2.45) is 0 Å². The standard InChI is InChI=1S/C18H28N2O3/c1-4-8-20(5-2)16-10-15-9-14(6-7-17(15)23-12-16)18(22)19-11-13(3)21/h6-7,9,13,16,21H,4-5,8,10-12H2,1-3H3,(H,19,22)/t13?,16-/m0/s1. The summed E-state index contributed by atoms with van der Waals surface area (Å²) in [5, 5.41) is 12.0. The molecule has 23 heavy (non-hydrogen) atoms. The number of aliphatic hydroxyl groups excluding tert-OH is 1. The molecule has 0 saturated heterocycles. The molecule has 128 valence electrons. The monoisotopic (exact) mass is 320 g/mol. The summed E-state index contributed by atoms with van der Waals surface area (Å²) < 4.78 is 5.88. The Kier molecular flexibility index (Phi) is 6.42. The van der Waals surface area contributed by atoms with E-state index in [0.717, 1.165) is 37.2 Å². The lowest BCUT2D eigenvalue weighted by Crippen LogP contribution is -2.43. The molecule has 1 heterocycles. The van der Waals surface area contributed by atoms with E-state index in [-0.39, 0.29) is 12.5 Å². The fraction of sp³-hybridized carbons (Fsp3) is 0.611. The molecule has 0 spiro atoms. The Bertz CT molecular complexity index is 531. The molecule has 1 amide bonds. The predicted molar refractivity (Wildman–Crippen MR) is 91.0 cm³/mol. The van der Waals surface area contributed by atoms with Crippen LogP contribution in [0.5, 0.6) is 5.75 Å². The predicted octanol–water partition coefficient (Wildman–Crippen LogP) is 1.83. The van der Waals surface area contributed by atoms with Gasteiger partial charge in [0.25, 0.3) is 5.91 Å². The van der Waals surface area contributed by atoms with Crippen molar-refractivity contribution in [3.63, 3.8) is 0 Å². The summed E-state index contributed by atoms with van der Waals surface area (Å²) in [4.78, 5) is 14.6. The summed E-state index contributed by atoms with van der Waals surface area (Å²) in [5.41, 5.74) is 1.70. The summed E-state index contributed by atoms with van der Waals surface area (Å²) in [7, 11) is 0. The number of amides is 1. The van der Waals surface area contributed by atoms with Crippen LogP contribution in [0, 0.1) is 0 Å². The van der Waals surface area contributed by atoms with E-state index in [0.29, 0.717) is 18.2 Å². The first-order valence-corrected chi connectivity index (χ1v) is 8.51. The third-order valence-electron chi connectivity index (χ3n) is 4.20. The molecule has 2 rings (SSSR count). The van der Waals surface area contributed by atoms with Crippen molar-refractivity contribution < 1.29 is 14.6 Å². The van der Waals surface area contributed by atoms with Crippen LogP contribution in [-0.4, -0.2) is 54.3 Å². The quantitative estimate of drug-likeness (QED) is 0.805. The van der Waals surface area contributed by atoms with Gasteiger partial charge in [-0.1, -0.05) is 13.8 Å². The van der Waals surface area contributed by atoms with E-state index < -0.39 is 6.10 Å². The van der Waals surface area contributed by atoms with Crippen LogP contribution in [-0.2, 0) is 6.42 Å². The van der Waals surface area contributed by atoms with E-state index in [1.54, 1.807) is 13.0 Å². The number of hydrogen-bond acceptors (Lipinski definition) is 4. The van der Waals surface area contributed by atoms with E-state index in [1.165, 1.54) is 0 Å². The zero-order valence-corrected chi connectivity index (χ0v) is 14.3. The van der Waals surface area contributed by atoms with Gasteiger partial charge in [-0.25, -0.2) is 0 Å². The number of aliphatic hydroxyl groups is 1. The van der Waals surface area contributed by atoms with Crippen molar-refractivity contribution >= 4 is 5.91 Å². The molecule has 1 aliphatic rings. The largest absolute Gasteiger partial charge is 0.492 e. The molecule has 0 fully saturated rings. The van der Waals surface area contributed by atoms with Gasteiger partial charge < -0.3 is 15.2 Å². The zero-order chi connectivity index (χ0) is 16.8. The van der Waals surface area contributed by atoms with E-state index in [4.69, 9.17) is 4.74 Å². The Morgan fingerprint density at radius 3 is 2.91 bits per heavy atom. The number of carbonyl (C=O) groups excluding carboxylic acids is 1. The second-order valence-corrected chi connectivity index (χ2v) is 6.18. The Labute approximate surface area is 138 Å². The maximum Gasteiger partial charge on any atom is 0.251 e. The second-order valence-electron chi connectivity index (χ2n) is 6.18. The molecule has 1 aromatic rings. The average Bonchev–Trinajstić information content (AvgIpc) is 2.56. The van der Waals surface area contributed by atoms with Crippen LogP contribution in [0.3, 0.4) is 0 Å². The lowest BCUT2D eigenvalue weighted by atomic mass is 9.98. The van der Waals surface area contributed by atoms with Gasteiger partial charge in [0.1, 0.15) is 12.4 Å². The van der Waals surface area contributed by atoms with Gasteiger partial charge in [-0.15, -0.1) is 0 Å². The second kappa shape index (κ2) is 8.31. The number of fused-ring (bicyclic) bond motifs is 1. The molecule has 0 radical (unpaired) electrons. The van der Waals surface area contributed by atoms with Gasteiger partial charge in [0.2, 0.25) is 0 Å². The molecule has 0 aromatic heterocycles. The fourth-order valence-corrected chi connectivity index (χ4v) is 2.98. The minimum absolute atomic E-state index is 0.156. The zero-order valence-electron chi connectivity index (χ0n) is 14.3. The Morgan fingerprint density at radius 2 is 2.26 bits per heavy atom. The average molecular weight is 320 g/mol. The highest BCUT2D eigenvalue weighted by molar-refractivity contribution is 5.94. The molecule has 1 unspecified atom stereocenters. The summed E-state index contributed by atoms with van der Waals surface area (Å²) in [5.74, 6) is 0.720. The molecule has 0 saturated carbocycles. The van der Waals surface area contributed by atoms with E-state index >= 15 is 0 Å². The van der Waals surface area contributed by atoms with E-state index in [2.05, 4.69) is 24.1 Å². The van der Waals surface area contributed by atoms with Crippen LogP contribution >= 0.6 is 0 Å². The highest BCUT2D eigenvalue weighted by Crippen LogP contribution is 2.27. The smallest absolute Gasteiger partial charge is 0.251 e. The first-order valence-electron chi connectivity index (χ1n) is 8.51. The van der Waals surface area contributed by atoms with Crippen LogP contribution in [0.15, 0.2) is 18.2 Å². The third kappa shape index (κ3) is 4.69. The Morgan fingerprint density at radius 1 is 1.48 bits per heavy atom. The van der Waals surface area contributed by atoms with Gasteiger partial charge >= 0.3 is 0 Å². The number of ether oxygens (including phenoxy) is 1. The van der Waals surface area contributed by atoms with Gasteiger partial charge in [0.05, 0.1) is 6.10 Å². The van der Waals surface area contributed by atoms with Crippen molar-refractivity contribution in [2.75, 3.05) is 26.2 Å². The summed E-state index contributed by atoms with van der Waals surface area (Å²) in [6, 6.07) is 5.93. The molecule has 2 atom stereocenters. The van der Waals surface area contributed by atoms with Crippen LogP contribution < -0.4 is 10.1 Å². The number of rotatable bonds is 7. The Balaban J connectivity index is 2.08. The van der Waals surface area contributed by atoms with Gasteiger partial charge in [-0.2, -0.15) is 0 Å². The topological polar surface area (TPSA) is 61.8 Å². The van der Waals surface area contributed by atoms with Crippen LogP contribution in [0.4, 0.5) is 0 Å². The first kappa shape index (κ1) is 17.8. The number of nitrogens with one attached hydrogen (secondary N) is 1. The molecule has 0 bridgehead atoms. The van der Waals surface area contributed by atoms with Crippen molar-refractivity contribution in [1.29, 1.82) is 0 Å². The highest BCUT2D eigenvalue weighted by atomic mass is 16.5. The molecule has 0 aliphatic carbocycles. The summed E-state index contributed by atoms with van der Waals surface area (Å²) in [6.45, 7) is 9.04. The van der Waals surface area contributed by atoms with Gasteiger partial charge in [-0.05, 0) is 56.6 Å². The number of likely N-dealkylation sites (N-methyl/N-ethyl adjacent to an activating group) is 1. The highest BCUT2D eigenvalue weighted by Gasteiger charge is 2.25. The van der Waals surface area contributed by atoms with Gasteiger partial charge in [-0.3, -0.25) is 9.69 Å². The number of hydrogen-bond donors (Lipinski definition) is 2. The lowest BCUT2D eigenvalue weighted by molar-refractivity contribution is 0.0923. The number of benzene rings is 1. The molecular weight excluding hydrogens is 292 g/mol. The maximum absolute atomic E-state index is 12.1. The third-order valence-corrected chi connectivity index (χ3v) is 4.20. The number of carbonyl (C=O) groups is 1. The van der Waals surface area contributed by atoms with Crippen molar-refractivity contribution in [3.05, 3.63) is 29.3 Å². The minimum atomic E-state index is -0.545. The van der Waals surface area contributed by atoms with Crippen molar-refractivity contribution in [1.82, 2.24) is 10.2 Å². The SMILES string of the molecule is CCCN(CC)[C@@H]1COc2ccc(C(=O)NCC(C)O)cc2C1. The molecule has 1 aromatic carbocycles. The molecule has 5 heteroatoms. The molecule has 5 nitrogen and oxygen atoms in total. The molecule has 2 N–H and O–H groups in total. The van der Waals surface area contributed by atoms with Gasteiger partial charge in [0.15, 0.2) is 0 Å². The Hall–Kier alpha value is -1.59. The van der Waals surface area contributed by atoms with E-state index in [9.17, 15) is 9.90 Å².